The van der Waals surface area contributed by atoms with Crippen molar-refractivity contribution in [3.63, 3.8) is 0 Å². The Bertz CT molecular complexity index is 480. The molecule has 1 rings (SSSR count). The normalized spacial score (nSPS) is 11.8. The number of urea groups is 1. The summed E-state index contributed by atoms with van der Waals surface area (Å²) < 4.78 is 0.952. The number of aliphatic carboxylic acids is 1. The SMILES string of the molecule is Cc1cc(Br)cc(C)c1NC(=O)NC(C)CC(=O)O. The zero-order valence-electron chi connectivity index (χ0n) is 11.1. The summed E-state index contributed by atoms with van der Waals surface area (Å²) in [6.07, 6.45) is -0.105. The molecule has 19 heavy (non-hydrogen) atoms. The van der Waals surface area contributed by atoms with Crippen LogP contribution in [0, 0.1) is 13.8 Å². The minimum atomic E-state index is -0.941. The second kappa shape index (κ2) is 6.56. The van der Waals surface area contributed by atoms with Gasteiger partial charge in [-0.25, -0.2) is 4.79 Å². The van der Waals surface area contributed by atoms with Gasteiger partial charge in [-0.1, -0.05) is 15.9 Å². The number of halogens is 1. The summed E-state index contributed by atoms with van der Waals surface area (Å²) in [5, 5.41) is 14.0. The average molecular weight is 329 g/mol. The van der Waals surface area contributed by atoms with Crippen LogP contribution in [0.1, 0.15) is 24.5 Å². The van der Waals surface area contributed by atoms with Gasteiger partial charge in [0.05, 0.1) is 6.42 Å². The van der Waals surface area contributed by atoms with Crippen molar-refractivity contribution >= 4 is 33.6 Å². The molecule has 0 aliphatic carbocycles. The predicted molar refractivity (Wildman–Crippen MR) is 77.5 cm³/mol. The standard InChI is InChI=1S/C13H17BrN2O3/c1-7-4-10(14)5-8(2)12(7)16-13(19)15-9(3)6-11(17)18/h4-5,9H,6H2,1-3H3,(H,17,18)(H2,15,16,19). The van der Waals surface area contributed by atoms with Crippen molar-refractivity contribution in [2.75, 3.05) is 5.32 Å². The molecule has 1 atom stereocenters. The van der Waals surface area contributed by atoms with Gasteiger partial charge in [0.1, 0.15) is 0 Å². The van der Waals surface area contributed by atoms with Gasteiger partial charge in [0, 0.05) is 16.2 Å². The van der Waals surface area contributed by atoms with Gasteiger partial charge in [0.15, 0.2) is 0 Å². The quantitative estimate of drug-likeness (QED) is 0.794. The van der Waals surface area contributed by atoms with Gasteiger partial charge >= 0.3 is 12.0 Å². The lowest BCUT2D eigenvalue weighted by atomic mass is 10.1. The van der Waals surface area contributed by atoms with Crippen LogP contribution in [0.15, 0.2) is 16.6 Å². The van der Waals surface area contributed by atoms with Crippen LogP contribution >= 0.6 is 15.9 Å². The van der Waals surface area contributed by atoms with Crippen molar-refractivity contribution in [1.29, 1.82) is 0 Å². The maximum Gasteiger partial charge on any atom is 0.319 e. The number of carbonyl (C=O) groups excluding carboxylic acids is 1. The van der Waals surface area contributed by atoms with Crippen molar-refractivity contribution in [3.05, 3.63) is 27.7 Å². The molecule has 0 spiro atoms. The van der Waals surface area contributed by atoms with Crippen LogP contribution in [0.25, 0.3) is 0 Å². The monoisotopic (exact) mass is 328 g/mol. The zero-order valence-corrected chi connectivity index (χ0v) is 12.7. The molecule has 104 valence electrons. The Kier molecular flexibility index (Phi) is 5.35. The van der Waals surface area contributed by atoms with E-state index in [2.05, 4.69) is 26.6 Å². The summed E-state index contributed by atoms with van der Waals surface area (Å²) in [6, 6.07) is 2.99. The van der Waals surface area contributed by atoms with E-state index in [1.165, 1.54) is 0 Å². The molecule has 1 aromatic carbocycles. The highest BCUT2D eigenvalue weighted by atomic mass is 79.9. The van der Waals surface area contributed by atoms with Crippen LogP contribution in [0.3, 0.4) is 0 Å². The smallest absolute Gasteiger partial charge is 0.319 e. The van der Waals surface area contributed by atoms with Crippen molar-refractivity contribution in [2.45, 2.75) is 33.2 Å². The number of hydrogen-bond donors (Lipinski definition) is 3. The summed E-state index contributed by atoms with van der Waals surface area (Å²) >= 11 is 3.39. The van der Waals surface area contributed by atoms with E-state index in [-0.39, 0.29) is 6.42 Å². The first-order chi connectivity index (χ1) is 8.79. The molecule has 0 bridgehead atoms. The summed E-state index contributed by atoms with van der Waals surface area (Å²) in [7, 11) is 0. The number of amides is 2. The Morgan fingerprint density at radius 3 is 2.32 bits per heavy atom. The van der Waals surface area contributed by atoms with Crippen LogP contribution < -0.4 is 10.6 Å². The van der Waals surface area contributed by atoms with E-state index in [9.17, 15) is 9.59 Å². The molecule has 1 unspecified atom stereocenters. The molecule has 0 fully saturated rings. The third kappa shape index (κ3) is 4.90. The van der Waals surface area contributed by atoms with Gasteiger partial charge in [-0.05, 0) is 44.0 Å². The molecule has 2 amide bonds. The molecule has 0 saturated heterocycles. The summed E-state index contributed by atoms with van der Waals surface area (Å²) in [5.41, 5.74) is 2.61. The molecule has 0 heterocycles. The van der Waals surface area contributed by atoms with E-state index in [4.69, 9.17) is 5.11 Å². The first-order valence-electron chi connectivity index (χ1n) is 5.85. The predicted octanol–water partition coefficient (Wildman–Crippen LogP) is 3.05. The fraction of sp³-hybridized carbons (Fsp3) is 0.385. The van der Waals surface area contributed by atoms with Gasteiger partial charge in [0.25, 0.3) is 0 Å². The third-order valence-corrected chi connectivity index (χ3v) is 3.05. The van der Waals surface area contributed by atoms with E-state index in [0.29, 0.717) is 0 Å². The number of rotatable bonds is 4. The lowest BCUT2D eigenvalue weighted by Crippen LogP contribution is -2.37. The highest BCUT2D eigenvalue weighted by Crippen LogP contribution is 2.24. The summed E-state index contributed by atoms with van der Waals surface area (Å²) in [5.74, 6) is -0.941. The van der Waals surface area contributed by atoms with E-state index in [1.54, 1.807) is 6.92 Å². The summed E-state index contributed by atoms with van der Waals surface area (Å²) in [6.45, 7) is 5.44. The van der Waals surface area contributed by atoms with Crippen molar-refractivity contribution < 1.29 is 14.7 Å². The number of benzene rings is 1. The molecule has 0 saturated carbocycles. The molecule has 0 aliphatic rings. The van der Waals surface area contributed by atoms with E-state index in [0.717, 1.165) is 21.3 Å². The number of anilines is 1. The van der Waals surface area contributed by atoms with E-state index >= 15 is 0 Å². The van der Waals surface area contributed by atoms with Crippen LogP contribution in [0.2, 0.25) is 0 Å². The third-order valence-electron chi connectivity index (χ3n) is 2.59. The fourth-order valence-corrected chi connectivity index (χ4v) is 2.48. The van der Waals surface area contributed by atoms with Crippen molar-refractivity contribution in [1.82, 2.24) is 5.32 Å². The fourth-order valence-electron chi connectivity index (χ4n) is 1.79. The Morgan fingerprint density at radius 1 is 1.32 bits per heavy atom. The second-order valence-electron chi connectivity index (χ2n) is 4.51. The molecule has 1 aromatic rings. The van der Waals surface area contributed by atoms with E-state index < -0.39 is 18.0 Å². The maximum atomic E-state index is 11.8. The number of carbonyl (C=O) groups is 2. The molecule has 0 radical (unpaired) electrons. The molecule has 6 heteroatoms. The Hall–Kier alpha value is -1.56. The lowest BCUT2D eigenvalue weighted by molar-refractivity contribution is -0.137. The van der Waals surface area contributed by atoms with E-state index in [1.807, 2.05) is 26.0 Å². The molecule has 0 aliphatic heterocycles. The Morgan fingerprint density at radius 2 is 1.84 bits per heavy atom. The maximum absolute atomic E-state index is 11.8. The minimum absolute atomic E-state index is 0.105. The highest BCUT2D eigenvalue weighted by Gasteiger charge is 2.13. The molecule has 5 nitrogen and oxygen atoms in total. The van der Waals surface area contributed by atoms with Gasteiger partial charge in [0.2, 0.25) is 0 Å². The Labute approximate surface area is 120 Å². The number of aryl methyl sites for hydroxylation is 2. The molecule has 0 aromatic heterocycles. The lowest BCUT2D eigenvalue weighted by Gasteiger charge is -2.16. The second-order valence-corrected chi connectivity index (χ2v) is 5.43. The molecule has 3 N–H and O–H groups in total. The zero-order chi connectivity index (χ0) is 14.6. The van der Waals surface area contributed by atoms with Gasteiger partial charge in [-0.3, -0.25) is 4.79 Å². The first-order valence-corrected chi connectivity index (χ1v) is 6.65. The topological polar surface area (TPSA) is 78.4 Å². The summed E-state index contributed by atoms with van der Waals surface area (Å²) in [4.78, 5) is 22.3. The molecular formula is C13H17BrN2O3. The number of carboxylic acid groups (broad SMARTS) is 1. The van der Waals surface area contributed by atoms with Crippen LogP contribution in [0.5, 0.6) is 0 Å². The highest BCUT2D eigenvalue weighted by molar-refractivity contribution is 9.10. The Balaban J connectivity index is 2.70. The van der Waals surface area contributed by atoms with Gasteiger partial charge in [-0.2, -0.15) is 0 Å². The number of nitrogens with one attached hydrogen (secondary N) is 2. The van der Waals surface area contributed by atoms with Crippen molar-refractivity contribution in [3.8, 4) is 0 Å². The largest absolute Gasteiger partial charge is 0.481 e. The van der Waals surface area contributed by atoms with Gasteiger partial charge in [-0.15, -0.1) is 0 Å². The molecular weight excluding hydrogens is 312 g/mol. The van der Waals surface area contributed by atoms with Gasteiger partial charge < -0.3 is 15.7 Å². The van der Waals surface area contributed by atoms with Crippen LogP contribution in [-0.2, 0) is 4.79 Å². The van der Waals surface area contributed by atoms with Crippen LogP contribution in [0.4, 0.5) is 10.5 Å². The number of hydrogen-bond acceptors (Lipinski definition) is 2. The van der Waals surface area contributed by atoms with Crippen LogP contribution in [-0.4, -0.2) is 23.1 Å². The average Bonchev–Trinajstić information content (AvgIpc) is 2.21. The van der Waals surface area contributed by atoms with Crippen molar-refractivity contribution in [2.24, 2.45) is 0 Å². The first kappa shape index (κ1) is 15.5. The minimum Gasteiger partial charge on any atom is -0.481 e. The number of carboxylic acids is 1.